The molecule has 1 aliphatic rings. The van der Waals surface area contributed by atoms with Crippen molar-refractivity contribution in [3.63, 3.8) is 0 Å². The fourth-order valence-electron chi connectivity index (χ4n) is 1.64. The molecule has 1 aliphatic heterocycles. The zero-order chi connectivity index (χ0) is 9.59. The first-order valence-electron chi connectivity index (χ1n) is 4.02. The molecule has 13 heavy (non-hydrogen) atoms. The molecular weight excluding hydrogens is 172 g/mol. The van der Waals surface area contributed by atoms with Gasteiger partial charge in [0.1, 0.15) is 5.82 Å². The van der Waals surface area contributed by atoms with Gasteiger partial charge in [0.05, 0.1) is 6.10 Å². The van der Waals surface area contributed by atoms with Gasteiger partial charge in [-0.05, 0) is 19.1 Å². The van der Waals surface area contributed by atoms with Crippen molar-refractivity contribution in [3.8, 4) is 0 Å². The zero-order valence-corrected chi connectivity index (χ0v) is 7.12. The highest BCUT2D eigenvalue weighted by Gasteiger charge is 2.36. The molecule has 1 aromatic rings. The van der Waals surface area contributed by atoms with Crippen molar-refractivity contribution < 1.29 is 14.1 Å². The maximum atomic E-state index is 13.2. The second-order valence-corrected chi connectivity index (χ2v) is 3.09. The van der Waals surface area contributed by atoms with Crippen molar-refractivity contribution >= 4 is 18.3 Å². The number of benzene rings is 1. The molecule has 0 radical (unpaired) electrons. The second kappa shape index (κ2) is 2.72. The number of rotatable bonds is 0. The van der Waals surface area contributed by atoms with E-state index in [0.29, 0.717) is 16.7 Å². The molecule has 1 atom stereocenters. The average molecular weight is 181 g/mol. The standard InChI is InChI=1S/C8H9BFNO2/c1-4-7-5(10)2-3-6(11)8(7)9(12)13-4/h2-4,12H,11H2,1H3. The van der Waals surface area contributed by atoms with Crippen molar-refractivity contribution in [1.82, 2.24) is 0 Å². The maximum absolute atomic E-state index is 13.2. The van der Waals surface area contributed by atoms with Gasteiger partial charge in [-0.15, -0.1) is 0 Å². The molecule has 0 aliphatic carbocycles. The molecule has 0 spiro atoms. The fraction of sp³-hybridized carbons (Fsp3) is 0.250. The Morgan fingerprint density at radius 1 is 1.62 bits per heavy atom. The van der Waals surface area contributed by atoms with Gasteiger partial charge < -0.3 is 15.4 Å². The van der Waals surface area contributed by atoms with Crippen molar-refractivity contribution in [2.75, 3.05) is 5.73 Å². The summed E-state index contributed by atoms with van der Waals surface area (Å²) in [6, 6.07) is 2.71. The monoisotopic (exact) mass is 181 g/mol. The van der Waals surface area contributed by atoms with Gasteiger partial charge in [0.25, 0.3) is 0 Å². The lowest BCUT2D eigenvalue weighted by Crippen LogP contribution is -2.31. The highest BCUT2D eigenvalue weighted by atomic mass is 19.1. The molecule has 1 heterocycles. The summed E-state index contributed by atoms with van der Waals surface area (Å²) in [4.78, 5) is 0. The number of halogens is 1. The highest BCUT2D eigenvalue weighted by molar-refractivity contribution is 6.63. The Morgan fingerprint density at radius 2 is 2.31 bits per heavy atom. The lowest BCUT2D eigenvalue weighted by atomic mass is 9.78. The summed E-state index contributed by atoms with van der Waals surface area (Å²) in [6.45, 7) is 1.68. The van der Waals surface area contributed by atoms with Crippen LogP contribution < -0.4 is 11.2 Å². The van der Waals surface area contributed by atoms with Gasteiger partial charge >= 0.3 is 7.12 Å². The van der Waals surface area contributed by atoms with Crippen molar-refractivity contribution in [2.24, 2.45) is 0 Å². The molecule has 68 valence electrons. The van der Waals surface area contributed by atoms with E-state index in [2.05, 4.69) is 0 Å². The molecule has 3 N–H and O–H groups in total. The number of nitrogens with two attached hydrogens (primary N) is 1. The lowest BCUT2D eigenvalue weighted by Gasteiger charge is -2.06. The maximum Gasteiger partial charge on any atom is 0.494 e. The van der Waals surface area contributed by atoms with Crippen LogP contribution >= 0.6 is 0 Å². The third kappa shape index (κ3) is 1.12. The molecule has 1 aromatic carbocycles. The van der Waals surface area contributed by atoms with Crippen molar-refractivity contribution in [2.45, 2.75) is 13.0 Å². The topological polar surface area (TPSA) is 55.5 Å². The number of hydrogen-bond donors (Lipinski definition) is 2. The van der Waals surface area contributed by atoms with E-state index in [9.17, 15) is 9.41 Å². The van der Waals surface area contributed by atoms with Crippen LogP contribution in [0, 0.1) is 5.82 Å². The van der Waals surface area contributed by atoms with Crippen molar-refractivity contribution in [1.29, 1.82) is 0 Å². The molecule has 0 bridgehead atoms. The molecule has 1 unspecified atom stereocenters. The summed E-state index contributed by atoms with van der Waals surface area (Å²) < 4.78 is 18.3. The SMILES string of the molecule is CC1OB(O)c2c(N)ccc(F)c21. The first-order chi connectivity index (χ1) is 6.11. The Labute approximate surface area is 75.5 Å². The molecule has 0 saturated heterocycles. The minimum Gasteiger partial charge on any atom is -0.423 e. The van der Waals surface area contributed by atoms with E-state index < -0.39 is 13.2 Å². The van der Waals surface area contributed by atoms with Crippen LogP contribution in [0.1, 0.15) is 18.6 Å². The molecule has 0 aromatic heterocycles. The second-order valence-electron chi connectivity index (χ2n) is 3.09. The molecule has 0 fully saturated rings. The van der Waals surface area contributed by atoms with E-state index in [0.717, 1.165) is 0 Å². The Bertz CT molecular complexity index is 325. The van der Waals surface area contributed by atoms with Gasteiger partial charge in [-0.25, -0.2) is 4.39 Å². The fourth-order valence-corrected chi connectivity index (χ4v) is 1.64. The Morgan fingerprint density at radius 3 is 2.92 bits per heavy atom. The minimum absolute atomic E-state index is 0.368. The highest BCUT2D eigenvalue weighted by Crippen LogP contribution is 2.27. The van der Waals surface area contributed by atoms with Gasteiger partial charge in [-0.1, -0.05) is 0 Å². The smallest absolute Gasteiger partial charge is 0.423 e. The summed E-state index contributed by atoms with van der Waals surface area (Å²) in [5.74, 6) is -0.381. The van der Waals surface area contributed by atoms with Crippen LogP contribution in [0.5, 0.6) is 0 Å². The molecule has 0 amide bonds. The van der Waals surface area contributed by atoms with Crippen LogP contribution in [0.2, 0.25) is 0 Å². The molecule has 0 saturated carbocycles. The van der Waals surface area contributed by atoms with Crippen molar-refractivity contribution in [3.05, 3.63) is 23.5 Å². The van der Waals surface area contributed by atoms with E-state index in [4.69, 9.17) is 10.4 Å². The Balaban J connectivity index is 2.67. The molecule has 5 heteroatoms. The first-order valence-corrected chi connectivity index (χ1v) is 4.02. The molecule has 3 nitrogen and oxygen atoms in total. The quantitative estimate of drug-likeness (QED) is 0.443. The van der Waals surface area contributed by atoms with Gasteiger partial charge in [-0.3, -0.25) is 0 Å². The summed E-state index contributed by atoms with van der Waals surface area (Å²) in [7, 11) is -1.10. The number of hydrogen-bond acceptors (Lipinski definition) is 3. The zero-order valence-electron chi connectivity index (χ0n) is 7.12. The average Bonchev–Trinajstić information content (AvgIpc) is 2.36. The van der Waals surface area contributed by atoms with Crippen LogP contribution in [0.3, 0.4) is 0 Å². The van der Waals surface area contributed by atoms with E-state index >= 15 is 0 Å². The molecular formula is C8H9BFNO2. The van der Waals surface area contributed by atoms with E-state index in [-0.39, 0.29) is 5.82 Å². The van der Waals surface area contributed by atoms with Gasteiger partial charge in [-0.2, -0.15) is 0 Å². The molecule has 2 rings (SSSR count). The summed E-state index contributed by atoms with van der Waals surface area (Å²) in [5.41, 5.74) is 6.69. The van der Waals surface area contributed by atoms with Crippen LogP contribution in [0.25, 0.3) is 0 Å². The lowest BCUT2D eigenvalue weighted by molar-refractivity contribution is 0.205. The summed E-state index contributed by atoms with van der Waals surface area (Å²) in [5, 5.41) is 9.39. The van der Waals surface area contributed by atoms with Gasteiger partial charge in [0, 0.05) is 16.7 Å². The predicted molar refractivity (Wildman–Crippen MR) is 47.9 cm³/mol. The van der Waals surface area contributed by atoms with E-state index in [1.54, 1.807) is 6.92 Å². The van der Waals surface area contributed by atoms with Crippen LogP contribution in [-0.4, -0.2) is 12.1 Å². The first kappa shape index (κ1) is 8.53. The number of nitrogen functional groups attached to an aromatic ring is 1. The van der Waals surface area contributed by atoms with E-state index in [1.807, 2.05) is 0 Å². The van der Waals surface area contributed by atoms with Crippen LogP contribution in [0.15, 0.2) is 12.1 Å². The summed E-state index contributed by atoms with van der Waals surface area (Å²) >= 11 is 0. The predicted octanol–water partition coefficient (Wildman–Crippen LogP) is 0.187. The number of anilines is 1. The summed E-state index contributed by atoms with van der Waals surface area (Å²) in [6.07, 6.45) is -0.437. The normalized spacial score (nSPS) is 20.5. The van der Waals surface area contributed by atoms with Crippen LogP contribution in [-0.2, 0) is 4.65 Å². The third-order valence-electron chi connectivity index (χ3n) is 2.25. The van der Waals surface area contributed by atoms with Crippen LogP contribution in [0.4, 0.5) is 10.1 Å². The van der Waals surface area contributed by atoms with Gasteiger partial charge in [0.15, 0.2) is 0 Å². The van der Waals surface area contributed by atoms with E-state index in [1.165, 1.54) is 12.1 Å². The number of fused-ring (bicyclic) bond motifs is 1. The Kier molecular flexibility index (Phi) is 1.78. The minimum atomic E-state index is -1.10. The third-order valence-corrected chi connectivity index (χ3v) is 2.25. The largest absolute Gasteiger partial charge is 0.494 e. The van der Waals surface area contributed by atoms with Gasteiger partial charge in [0.2, 0.25) is 0 Å². The Hall–Kier alpha value is -1.07.